The first-order chi connectivity index (χ1) is 11.0. The molecule has 0 spiro atoms. The van der Waals surface area contributed by atoms with Gasteiger partial charge < -0.3 is 4.90 Å². The minimum absolute atomic E-state index is 0.232. The SMILES string of the molecule is CCn1cc(Cl)c(CN(C)C(=O)c2nn3cccnc3c2Br)n1. The Labute approximate surface area is 146 Å². The van der Waals surface area contributed by atoms with Crippen LogP contribution in [0.1, 0.15) is 23.1 Å². The lowest BCUT2D eigenvalue weighted by molar-refractivity contribution is 0.0776. The van der Waals surface area contributed by atoms with Crippen molar-refractivity contribution in [3.8, 4) is 0 Å². The molecule has 1 amide bonds. The number of rotatable bonds is 4. The Morgan fingerprint density at radius 3 is 2.87 bits per heavy atom. The predicted octanol–water partition coefficient (Wildman–Crippen LogP) is 2.63. The molecule has 0 bridgehead atoms. The van der Waals surface area contributed by atoms with Gasteiger partial charge in [0.25, 0.3) is 5.91 Å². The van der Waals surface area contributed by atoms with Crippen molar-refractivity contribution >= 4 is 39.1 Å². The van der Waals surface area contributed by atoms with Crippen molar-refractivity contribution in [1.29, 1.82) is 0 Å². The number of carbonyl (C=O) groups is 1. The van der Waals surface area contributed by atoms with Gasteiger partial charge in [0.1, 0.15) is 5.69 Å². The first-order valence-electron chi connectivity index (χ1n) is 6.97. The lowest BCUT2D eigenvalue weighted by Crippen LogP contribution is -2.27. The molecule has 0 aliphatic carbocycles. The zero-order valence-electron chi connectivity index (χ0n) is 12.6. The predicted molar refractivity (Wildman–Crippen MR) is 89.4 cm³/mol. The average molecular weight is 398 g/mol. The highest BCUT2D eigenvalue weighted by molar-refractivity contribution is 9.10. The molecule has 0 atom stereocenters. The summed E-state index contributed by atoms with van der Waals surface area (Å²) in [7, 11) is 1.69. The van der Waals surface area contributed by atoms with Crippen molar-refractivity contribution < 1.29 is 4.79 Å². The largest absolute Gasteiger partial charge is 0.334 e. The van der Waals surface area contributed by atoms with Crippen LogP contribution in [0.5, 0.6) is 0 Å². The second-order valence-corrected chi connectivity index (χ2v) is 6.19. The van der Waals surface area contributed by atoms with Crippen LogP contribution < -0.4 is 0 Å². The maximum absolute atomic E-state index is 12.6. The van der Waals surface area contributed by atoms with E-state index in [2.05, 4.69) is 31.1 Å². The van der Waals surface area contributed by atoms with Crippen LogP contribution in [-0.2, 0) is 13.1 Å². The number of aromatic nitrogens is 5. The van der Waals surface area contributed by atoms with E-state index in [0.29, 0.717) is 33.1 Å². The summed E-state index contributed by atoms with van der Waals surface area (Å²) in [5, 5.41) is 9.17. The number of hydrogen-bond acceptors (Lipinski definition) is 4. The minimum Gasteiger partial charge on any atom is -0.334 e. The van der Waals surface area contributed by atoms with E-state index >= 15 is 0 Å². The molecule has 0 unspecified atom stereocenters. The van der Waals surface area contributed by atoms with Gasteiger partial charge in [0.2, 0.25) is 0 Å². The molecule has 0 aliphatic heterocycles. The Morgan fingerprint density at radius 2 is 2.22 bits per heavy atom. The monoisotopic (exact) mass is 396 g/mol. The molecule has 23 heavy (non-hydrogen) atoms. The zero-order chi connectivity index (χ0) is 16.6. The number of aryl methyl sites for hydroxylation is 1. The number of fused-ring (bicyclic) bond motifs is 1. The summed E-state index contributed by atoms with van der Waals surface area (Å²) in [6.45, 7) is 3.00. The van der Waals surface area contributed by atoms with E-state index in [-0.39, 0.29) is 5.91 Å². The number of nitrogens with zero attached hydrogens (tertiary/aromatic N) is 6. The van der Waals surface area contributed by atoms with E-state index in [1.807, 2.05) is 6.92 Å². The Morgan fingerprint density at radius 1 is 1.43 bits per heavy atom. The number of amides is 1. The Hall–Kier alpha value is -1.93. The first-order valence-corrected chi connectivity index (χ1v) is 8.14. The molecule has 0 aliphatic rings. The van der Waals surface area contributed by atoms with Gasteiger partial charge in [-0.25, -0.2) is 9.50 Å². The molecule has 120 valence electrons. The number of hydrogen-bond donors (Lipinski definition) is 0. The maximum Gasteiger partial charge on any atom is 0.275 e. The van der Waals surface area contributed by atoms with Gasteiger partial charge in [-0.3, -0.25) is 9.48 Å². The lowest BCUT2D eigenvalue weighted by atomic mass is 10.3. The van der Waals surface area contributed by atoms with Crippen LogP contribution >= 0.6 is 27.5 Å². The van der Waals surface area contributed by atoms with E-state index in [0.717, 1.165) is 6.54 Å². The fourth-order valence-electron chi connectivity index (χ4n) is 2.18. The summed E-state index contributed by atoms with van der Waals surface area (Å²) >= 11 is 9.55. The topological polar surface area (TPSA) is 68.3 Å². The van der Waals surface area contributed by atoms with Crippen molar-refractivity contribution in [2.24, 2.45) is 0 Å². The molecule has 3 aromatic heterocycles. The first kappa shape index (κ1) is 15.9. The third kappa shape index (κ3) is 2.96. The van der Waals surface area contributed by atoms with Gasteiger partial charge in [-0.2, -0.15) is 10.2 Å². The van der Waals surface area contributed by atoms with Crippen LogP contribution in [-0.4, -0.2) is 42.2 Å². The molecule has 0 aromatic carbocycles. The normalized spacial score (nSPS) is 11.1. The van der Waals surface area contributed by atoms with Gasteiger partial charge in [0, 0.05) is 32.2 Å². The summed E-state index contributed by atoms with van der Waals surface area (Å²) in [4.78, 5) is 18.4. The fraction of sp³-hybridized carbons (Fsp3) is 0.286. The Bertz CT molecular complexity index is 873. The second-order valence-electron chi connectivity index (χ2n) is 4.99. The Balaban J connectivity index is 1.86. The van der Waals surface area contributed by atoms with Crippen molar-refractivity contribution in [3.63, 3.8) is 0 Å². The van der Waals surface area contributed by atoms with Crippen LogP contribution in [0.25, 0.3) is 5.65 Å². The third-order valence-corrected chi connectivity index (χ3v) is 4.43. The summed E-state index contributed by atoms with van der Waals surface area (Å²) in [5.41, 5.74) is 1.55. The van der Waals surface area contributed by atoms with Gasteiger partial charge in [-0.15, -0.1) is 0 Å². The van der Waals surface area contributed by atoms with Gasteiger partial charge in [-0.1, -0.05) is 11.6 Å². The van der Waals surface area contributed by atoms with Crippen LogP contribution in [0.2, 0.25) is 5.02 Å². The molecule has 0 saturated heterocycles. The summed E-state index contributed by atoms with van der Waals surface area (Å²) in [6.07, 6.45) is 5.14. The number of carbonyl (C=O) groups excluding carboxylic acids is 1. The van der Waals surface area contributed by atoms with Crippen LogP contribution in [0.3, 0.4) is 0 Å². The molecule has 0 radical (unpaired) electrons. The molecule has 0 fully saturated rings. The molecule has 3 rings (SSSR count). The van der Waals surface area contributed by atoms with Gasteiger partial charge in [-0.05, 0) is 28.9 Å². The summed E-state index contributed by atoms with van der Waals surface area (Å²) in [6, 6.07) is 1.75. The highest BCUT2D eigenvalue weighted by Gasteiger charge is 2.22. The van der Waals surface area contributed by atoms with E-state index in [9.17, 15) is 4.79 Å². The fourth-order valence-corrected chi connectivity index (χ4v) is 2.92. The molecule has 0 N–H and O–H groups in total. The molecule has 7 nitrogen and oxygen atoms in total. The Kier molecular flexibility index (Phi) is 4.36. The second kappa shape index (κ2) is 6.29. The van der Waals surface area contributed by atoms with Gasteiger partial charge in [0.15, 0.2) is 11.3 Å². The van der Waals surface area contributed by atoms with Crippen molar-refractivity contribution in [2.45, 2.75) is 20.0 Å². The van der Waals surface area contributed by atoms with E-state index in [1.165, 1.54) is 4.90 Å². The standard InChI is InChI=1S/C14H14BrClN6O/c1-3-21-7-9(16)10(18-21)8-20(2)14(23)12-11(15)13-17-5-4-6-22(13)19-12/h4-7H,3,8H2,1-2H3. The van der Waals surface area contributed by atoms with Crippen LogP contribution in [0.4, 0.5) is 0 Å². The molecule has 3 aromatic rings. The quantitative estimate of drug-likeness (QED) is 0.679. The van der Waals surface area contributed by atoms with Crippen molar-refractivity contribution in [2.75, 3.05) is 7.05 Å². The smallest absolute Gasteiger partial charge is 0.275 e. The average Bonchev–Trinajstić information content (AvgIpc) is 3.07. The summed E-state index contributed by atoms with van der Waals surface area (Å²) < 4.78 is 3.87. The minimum atomic E-state index is -0.232. The third-order valence-electron chi connectivity index (χ3n) is 3.39. The molecule has 9 heteroatoms. The maximum atomic E-state index is 12.6. The lowest BCUT2D eigenvalue weighted by Gasteiger charge is -2.14. The van der Waals surface area contributed by atoms with Crippen LogP contribution in [0.15, 0.2) is 29.1 Å². The van der Waals surface area contributed by atoms with Gasteiger partial charge in [0.05, 0.1) is 16.0 Å². The van der Waals surface area contributed by atoms with Gasteiger partial charge >= 0.3 is 0 Å². The molecule has 0 saturated carbocycles. The summed E-state index contributed by atoms with van der Waals surface area (Å²) in [5.74, 6) is -0.232. The molecular formula is C14H14BrClN6O. The van der Waals surface area contributed by atoms with Crippen LogP contribution in [0, 0.1) is 0 Å². The zero-order valence-corrected chi connectivity index (χ0v) is 14.9. The highest BCUT2D eigenvalue weighted by atomic mass is 79.9. The van der Waals surface area contributed by atoms with Crippen molar-refractivity contribution in [3.05, 3.63) is 45.5 Å². The molecular weight excluding hydrogens is 384 g/mol. The van der Waals surface area contributed by atoms with Crippen molar-refractivity contribution in [1.82, 2.24) is 29.3 Å². The molecule has 3 heterocycles. The van der Waals surface area contributed by atoms with E-state index < -0.39 is 0 Å². The van der Waals surface area contributed by atoms with E-state index in [4.69, 9.17) is 11.6 Å². The number of halogens is 2. The van der Waals surface area contributed by atoms with E-state index in [1.54, 1.807) is 40.9 Å². The highest BCUT2D eigenvalue weighted by Crippen LogP contribution is 2.23.